The summed E-state index contributed by atoms with van der Waals surface area (Å²) in [6, 6.07) is 9.18. The lowest BCUT2D eigenvalue weighted by Gasteiger charge is -2.28. The van der Waals surface area contributed by atoms with E-state index < -0.39 is 11.4 Å². The van der Waals surface area contributed by atoms with E-state index in [-0.39, 0.29) is 18.4 Å². The SMILES string of the molecule is CC(C)C1(C(=O)O)CCN(C(=O)c2cccc(-c3ccoc3)c2)C1. The van der Waals surface area contributed by atoms with Crippen molar-refractivity contribution in [2.24, 2.45) is 11.3 Å². The minimum absolute atomic E-state index is 0.0231. The van der Waals surface area contributed by atoms with E-state index in [9.17, 15) is 14.7 Å². The number of hydrogen-bond donors (Lipinski definition) is 1. The van der Waals surface area contributed by atoms with Gasteiger partial charge in [0.1, 0.15) is 0 Å². The molecule has 126 valence electrons. The summed E-state index contributed by atoms with van der Waals surface area (Å²) in [6.07, 6.45) is 3.72. The number of carboxylic acid groups (broad SMARTS) is 1. The molecule has 1 atom stereocenters. The van der Waals surface area contributed by atoms with E-state index in [4.69, 9.17) is 4.42 Å². The lowest BCUT2D eigenvalue weighted by atomic mass is 9.76. The maximum atomic E-state index is 12.8. The second-order valence-corrected chi connectivity index (χ2v) is 6.69. The Morgan fingerprint density at radius 2 is 2.04 bits per heavy atom. The molecule has 2 aromatic rings. The highest BCUT2D eigenvalue weighted by molar-refractivity contribution is 5.96. The molecule has 1 aliphatic rings. The van der Waals surface area contributed by atoms with Crippen molar-refractivity contribution < 1.29 is 19.1 Å². The van der Waals surface area contributed by atoms with Gasteiger partial charge in [-0.25, -0.2) is 0 Å². The van der Waals surface area contributed by atoms with Crippen LogP contribution in [0, 0.1) is 11.3 Å². The van der Waals surface area contributed by atoms with E-state index in [0.717, 1.165) is 11.1 Å². The number of benzene rings is 1. The number of likely N-dealkylation sites (tertiary alicyclic amines) is 1. The predicted octanol–water partition coefficient (Wildman–Crippen LogP) is 3.52. The number of amides is 1. The molecule has 1 amide bonds. The summed E-state index contributed by atoms with van der Waals surface area (Å²) in [5.41, 5.74) is 1.53. The van der Waals surface area contributed by atoms with Crippen molar-refractivity contribution in [2.45, 2.75) is 20.3 Å². The van der Waals surface area contributed by atoms with Crippen LogP contribution in [-0.4, -0.2) is 35.0 Å². The molecule has 1 aromatic carbocycles. The third-order valence-electron chi connectivity index (χ3n) is 5.08. The van der Waals surface area contributed by atoms with E-state index >= 15 is 0 Å². The highest BCUT2D eigenvalue weighted by atomic mass is 16.4. The van der Waals surface area contributed by atoms with Crippen molar-refractivity contribution in [3.63, 3.8) is 0 Å². The van der Waals surface area contributed by atoms with Crippen LogP contribution in [0.4, 0.5) is 0 Å². The number of aliphatic carboxylic acids is 1. The number of carboxylic acids is 1. The van der Waals surface area contributed by atoms with Crippen molar-refractivity contribution in [1.82, 2.24) is 4.90 Å². The van der Waals surface area contributed by atoms with Gasteiger partial charge in [0.05, 0.1) is 17.9 Å². The van der Waals surface area contributed by atoms with Gasteiger partial charge in [-0.3, -0.25) is 9.59 Å². The van der Waals surface area contributed by atoms with Crippen molar-refractivity contribution >= 4 is 11.9 Å². The highest BCUT2D eigenvalue weighted by Crippen LogP contribution is 2.38. The van der Waals surface area contributed by atoms with Gasteiger partial charge in [0.2, 0.25) is 0 Å². The van der Waals surface area contributed by atoms with Crippen LogP contribution in [0.15, 0.2) is 47.3 Å². The van der Waals surface area contributed by atoms with Crippen LogP contribution in [0.1, 0.15) is 30.6 Å². The molecule has 0 aliphatic carbocycles. The number of carbonyl (C=O) groups is 2. The van der Waals surface area contributed by atoms with Crippen LogP contribution in [0.3, 0.4) is 0 Å². The van der Waals surface area contributed by atoms with E-state index in [1.807, 2.05) is 38.1 Å². The van der Waals surface area contributed by atoms with Gasteiger partial charge in [0, 0.05) is 24.2 Å². The largest absolute Gasteiger partial charge is 0.481 e. The molecule has 0 radical (unpaired) electrons. The maximum Gasteiger partial charge on any atom is 0.311 e. The molecule has 5 nitrogen and oxygen atoms in total. The lowest BCUT2D eigenvalue weighted by Crippen LogP contribution is -2.40. The van der Waals surface area contributed by atoms with Crippen LogP contribution in [0.2, 0.25) is 0 Å². The van der Waals surface area contributed by atoms with E-state index in [0.29, 0.717) is 18.5 Å². The molecule has 1 fully saturated rings. The molecule has 1 aliphatic heterocycles. The fraction of sp³-hybridized carbons (Fsp3) is 0.368. The number of furan rings is 1. The topological polar surface area (TPSA) is 70.8 Å². The number of rotatable bonds is 4. The van der Waals surface area contributed by atoms with Gasteiger partial charge in [0.25, 0.3) is 5.91 Å². The van der Waals surface area contributed by atoms with Gasteiger partial charge < -0.3 is 14.4 Å². The normalized spacial score (nSPS) is 20.5. The highest BCUT2D eigenvalue weighted by Gasteiger charge is 2.48. The standard InChI is InChI=1S/C19H21NO4/c1-13(2)19(18(22)23)7-8-20(12-19)17(21)15-5-3-4-14(10-15)16-6-9-24-11-16/h3-6,9-11,13H,7-8,12H2,1-2H3,(H,22,23). The number of hydrogen-bond acceptors (Lipinski definition) is 3. The summed E-state index contributed by atoms with van der Waals surface area (Å²) in [4.78, 5) is 26.2. The zero-order valence-electron chi connectivity index (χ0n) is 13.9. The summed E-state index contributed by atoms with van der Waals surface area (Å²) in [5, 5.41) is 9.63. The molecule has 1 unspecified atom stereocenters. The lowest BCUT2D eigenvalue weighted by molar-refractivity contribution is -0.150. The Kier molecular flexibility index (Phi) is 4.18. The van der Waals surface area contributed by atoms with Gasteiger partial charge in [-0.1, -0.05) is 26.0 Å². The molecular weight excluding hydrogens is 306 g/mol. The average Bonchev–Trinajstić information content (AvgIpc) is 3.24. The summed E-state index contributed by atoms with van der Waals surface area (Å²) in [7, 11) is 0. The van der Waals surface area contributed by atoms with Crippen molar-refractivity contribution in [3.8, 4) is 11.1 Å². The van der Waals surface area contributed by atoms with E-state index in [1.54, 1.807) is 23.5 Å². The molecule has 0 saturated carbocycles. The third-order valence-corrected chi connectivity index (χ3v) is 5.08. The van der Waals surface area contributed by atoms with Crippen molar-refractivity contribution in [1.29, 1.82) is 0 Å². The monoisotopic (exact) mass is 327 g/mol. The van der Waals surface area contributed by atoms with E-state index in [1.165, 1.54) is 0 Å². The molecule has 3 rings (SSSR count). The average molecular weight is 327 g/mol. The smallest absolute Gasteiger partial charge is 0.311 e. The first kappa shape index (κ1) is 16.3. The summed E-state index contributed by atoms with van der Waals surface area (Å²) >= 11 is 0. The Morgan fingerprint density at radius 1 is 1.25 bits per heavy atom. The molecule has 2 heterocycles. The fourth-order valence-electron chi connectivity index (χ4n) is 3.34. The summed E-state index contributed by atoms with van der Waals surface area (Å²) in [6.45, 7) is 4.54. The number of carbonyl (C=O) groups excluding carboxylic acids is 1. The van der Waals surface area contributed by atoms with Crippen LogP contribution >= 0.6 is 0 Å². The molecule has 1 saturated heterocycles. The Balaban J connectivity index is 1.83. The predicted molar refractivity (Wildman–Crippen MR) is 89.6 cm³/mol. The van der Waals surface area contributed by atoms with Gasteiger partial charge in [-0.15, -0.1) is 0 Å². The molecular formula is C19H21NO4. The summed E-state index contributed by atoms with van der Waals surface area (Å²) in [5.74, 6) is -0.964. The maximum absolute atomic E-state index is 12.8. The van der Waals surface area contributed by atoms with Gasteiger partial charge in [-0.05, 0) is 36.1 Å². The van der Waals surface area contributed by atoms with Crippen LogP contribution in [-0.2, 0) is 4.79 Å². The second kappa shape index (κ2) is 6.15. The zero-order valence-corrected chi connectivity index (χ0v) is 13.9. The Labute approximate surface area is 140 Å². The van der Waals surface area contributed by atoms with Crippen molar-refractivity contribution in [2.75, 3.05) is 13.1 Å². The van der Waals surface area contributed by atoms with Crippen LogP contribution < -0.4 is 0 Å². The Hall–Kier alpha value is -2.56. The van der Waals surface area contributed by atoms with Crippen LogP contribution in [0.5, 0.6) is 0 Å². The Bertz CT molecular complexity index is 750. The molecule has 24 heavy (non-hydrogen) atoms. The zero-order chi connectivity index (χ0) is 17.3. The quantitative estimate of drug-likeness (QED) is 0.932. The van der Waals surface area contributed by atoms with Gasteiger partial charge in [0.15, 0.2) is 0 Å². The minimum atomic E-state index is -0.849. The molecule has 1 aromatic heterocycles. The Morgan fingerprint density at radius 3 is 2.62 bits per heavy atom. The first-order valence-electron chi connectivity index (χ1n) is 8.09. The summed E-state index contributed by atoms with van der Waals surface area (Å²) < 4.78 is 5.09. The minimum Gasteiger partial charge on any atom is -0.481 e. The number of nitrogens with zero attached hydrogens (tertiary/aromatic N) is 1. The fourth-order valence-corrected chi connectivity index (χ4v) is 3.34. The first-order chi connectivity index (χ1) is 11.4. The van der Waals surface area contributed by atoms with Crippen LogP contribution in [0.25, 0.3) is 11.1 Å². The van der Waals surface area contributed by atoms with E-state index in [2.05, 4.69) is 0 Å². The first-order valence-corrected chi connectivity index (χ1v) is 8.09. The van der Waals surface area contributed by atoms with Gasteiger partial charge in [-0.2, -0.15) is 0 Å². The van der Waals surface area contributed by atoms with Gasteiger partial charge >= 0.3 is 5.97 Å². The molecule has 0 spiro atoms. The molecule has 0 bridgehead atoms. The second-order valence-electron chi connectivity index (χ2n) is 6.69. The molecule has 1 N–H and O–H groups in total. The molecule has 5 heteroatoms. The van der Waals surface area contributed by atoms with Crippen molar-refractivity contribution in [3.05, 3.63) is 48.4 Å². The third kappa shape index (κ3) is 2.70.